The molecule has 0 atom stereocenters. The smallest absolute Gasteiger partial charge is 0.222 e. The van der Waals surface area contributed by atoms with Crippen molar-refractivity contribution in [2.24, 2.45) is 0 Å². The van der Waals surface area contributed by atoms with E-state index in [4.69, 9.17) is 0 Å². The Morgan fingerprint density at radius 3 is 2.26 bits per heavy atom. The number of rotatable bonds is 7. The van der Waals surface area contributed by atoms with Crippen LogP contribution in [0.15, 0.2) is 59.1 Å². The molecule has 120 valence electrons. The number of benzene rings is 2. The second-order valence-corrected chi connectivity index (χ2v) is 6.43. The molecule has 0 heterocycles. The summed E-state index contributed by atoms with van der Waals surface area (Å²) in [5, 5.41) is 0. The second-order valence-electron chi connectivity index (χ2n) is 5.52. The lowest BCUT2D eigenvalue weighted by molar-refractivity contribution is -0.130. The van der Waals surface area contributed by atoms with Gasteiger partial charge in [-0.15, -0.1) is 0 Å². The Kier molecular flexibility index (Phi) is 6.53. The van der Waals surface area contributed by atoms with Gasteiger partial charge in [-0.1, -0.05) is 58.4 Å². The molecule has 0 unspecified atom stereocenters. The summed E-state index contributed by atoms with van der Waals surface area (Å²) in [5.74, 6) is 0.147. The largest absolute Gasteiger partial charge is 0.341 e. The zero-order valence-electron chi connectivity index (χ0n) is 13.2. The third kappa shape index (κ3) is 5.64. The van der Waals surface area contributed by atoms with Crippen LogP contribution in [0.25, 0.3) is 0 Å². The molecule has 0 saturated heterocycles. The predicted octanol–water partition coefficient (Wildman–Crippen LogP) is 4.46. The maximum Gasteiger partial charge on any atom is 0.222 e. The second kappa shape index (κ2) is 8.63. The van der Waals surface area contributed by atoms with E-state index in [1.165, 1.54) is 0 Å². The standard InChI is InChI=1S/C19H20BrNO2/c1-21(14-15-6-3-2-4-7-15)19(23)9-5-8-18(22)16-10-12-17(20)13-11-16/h2-4,6-7,10-13H,5,8-9,14H2,1H3. The molecule has 0 fully saturated rings. The van der Waals surface area contributed by atoms with Crippen molar-refractivity contribution in [3.8, 4) is 0 Å². The van der Waals surface area contributed by atoms with Crippen LogP contribution in [0.4, 0.5) is 0 Å². The summed E-state index contributed by atoms with van der Waals surface area (Å²) in [6.07, 6.45) is 1.37. The first-order valence-electron chi connectivity index (χ1n) is 7.63. The lowest BCUT2D eigenvalue weighted by atomic mass is 10.1. The molecule has 2 aromatic rings. The van der Waals surface area contributed by atoms with Gasteiger partial charge in [0.25, 0.3) is 0 Å². The number of Topliss-reactive ketones (excluding diaryl/α,β-unsaturated/α-hetero) is 1. The molecule has 23 heavy (non-hydrogen) atoms. The molecule has 0 bridgehead atoms. The molecule has 1 amide bonds. The molecule has 0 radical (unpaired) electrons. The fraction of sp³-hybridized carbons (Fsp3) is 0.263. The predicted molar refractivity (Wildman–Crippen MR) is 95.2 cm³/mol. The van der Waals surface area contributed by atoms with Crippen molar-refractivity contribution < 1.29 is 9.59 Å². The number of amides is 1. The number of nitrogens with zero attached hydrogens (tertiary/aromatic N) is 1. The molecule has 3 nitrogen and oxygen atoms in total. The summed E-state index contributed by atoms with van der Waals surface area (Å²) in [5.41, 5.74) is 1.80. The first kappa shape index (κ1) is 17.4. The highest BCUT2D eigenvalue weighted by atomic mass is 79.9. The lowest BCUT2D eigenvalue weighted by Gasteiger charge is -2.17. The summed E-state index contributed by atoms with van der Waals surface area (Å²) < 4.78 is 0.951. The monoisotopic (exact) mass is 373 g/mol. The average Bonchev–Trinajstić information content (AvgIpc) is 2.56. The van der Waals surface area contributed by atoms with Crippen LogP contribution in [0.5, 0.6) is 0 Å². The Balaban J connectivity index is 1.75. The van der Waals surface area contributed by atoms with Gasteiger partial charge in [0.2, 0.25) is 5.91 Å². The minimum Gasteiger partial charge on any atom is -0.341 e. The van der Waals surface area contributed by atoms with Crippen LogP contribution in [0, 0.1) is 0 Å². The molecule has 2 aromatic carbocycles. The molecule has 0 aromatic heterocycles. The van der Waals surface area contributed by atoms with Crippen molar-refractivity contribution in [3.05, 3.63) is 70.2 Å². The van der Waals surface area contributed by atoms with E-state index in [1.54, 1.807) is 24.1 Å². The number of hydrogen-bond acceptors (Lipinski definition) is 2. The van der Waals surface area contributed by atoms with Gasteiger partial charge in [-0.05, 0) is 24.1 Å². The van der Waals surface area contributed by atoms with Gasteiger partial charge in [-0.25, -0.2) is 0 Å². The molecule has 0 aliphatic rings. The molecule has 0 saturated carbocycles. The van der Waals surface area contributed by atoms with Crippen molar-refractivity contribution in [1.82, 2.24) is 4.90 Å². The SMILES string of the molecule is CN(Cc1ccccc1)C(=O)CCCC(=O)c1ccc(Br)cc1. The fourth-order valence-corrected chi connectivity index (χ4v) is 2.58. The normalized spacial score (nSPS) is 10.3. The van der Waals surface area contributed by atoms with Crippen LogP contribution < -0.4 is 0 Å². The Labute approximate surface area is 145 Å². The summed E-state index contributed by atoms with van der Waals surface area (Å²) in [4.78, 5) is 25.9. The van der Waals surface area contributed by atoms with Gasteiger partial charge < -0.3 is 4.90 Å². The number of carbonyl (C=O) groups is 2. The maximum atomic E-state index is 12.1. The first-order valence-corrected chi connectivity index (χ1v) is 8.42. The molecule has 2 rings (SSSR count). The lowest BCUT2D eigenvalue weighted by Crippen LogP contribution is -2.26. The molecule has 4 heteroatoms. The quantitative estimate of drug-likeness (QED) is 0.671. The third-order valence-electron chi connectivity index (χ3n) is 3.65. The minimum atomic E-state index is 0.0671. The number of carbonyl (C=O) groups excluding carboxylic acids is 2. The highest BCUT2D eigenvalue weighted by Gasteiger charge is 2.11. The zero-order chi connectivity index (χ0) is 16.7. The van der Waals surface area contributed by atoms with E-state index in [-0.39, 0.29) is 11.7 Å². The van der Waals surface area contributed by atoms with Crippen molar-refractivity contribution in [3.63, 3.8) is 0 Å². The van der Waals surface area contributed by atoms with Crippen LogP contribution in [0.3, 0.4) is 0 Å². The summed E-state index contributed by atoms with van der Waals surface area (Å²) in [7, 11) is 1.80. The number of ketones is 1. The van der Waals surface area contributed by atoms with Gasteiger partial charge in [0.15, 0.2) is 5.78 Å². The highest BCUT2D eigenvalue weighted by Crippen LogP contribution is 2.13. The topological polar surface area (TPSA) is 37.4 Å². The summed E-state index contributed by atoms with van der Waals surface area (Å²) in [6.45, 7) is 0.598. The van der Waals surface area contributed by atoms with Crippen molar-refractivity contribution in [1.29, 1.82) is 0 Å². The Hall–Kier alpha value is -1.94. The van der Waals surface area contributed by atoms with Crippen LogP contribution in [-0.2, 0) is 11.3 Å². The third-order valence-corrected chi connectivity index (χ3v) is 4.18. The van der Waals surface area contributed by atoms with E-state index in [1.807, 2.05) is 42.5 Å². The Bertz CT molecular complexity index is 653. The van der Waals surface area contributed by atoms with E-state index in [0.717, 1.165) is 10.0 Å². The number of halogens is 1. The maximum absolute atomic E-state index is 12.1. The molecular formula is C19H20BrNO2. The highest BCUT2D eigenvalue weighted by molar-refractivity contribution is 9.10. The van der Waals surface area contributed by atoms with E-state index >= 15 is 0 Å². The van der Waals surface area contributed by atoms with Gasteiger partial charge in [0, 0.05) is 36.5 Å². The summed E-state index contributed by atoms with van der Waals surface area (Å²) >= 11 is 3.35. The van der Waals surface area contributed by atoms with Gasteiger partial charge in [0.1, 0.15) is 0 Å². The van der Waals surface area contributed by atoms with Crippen molar-refractivity contribution in [2.45, 2.75) is 25.8 Å². The zero-order valence-corrected chi connectivity index (χ0v) is 14.8. The molecule has 0 aliphatic carbocycles. The molecular weight excluding hydrogens is 354 g/mol. The fourth-order valence-electron chi connectivity index (χ4n) is 2.32. The minimum absolute atomic E-state index is 0.0671. The van der Waals surface area contributed by atoms with Crippen LogP contribution in [-0.4, -0.2) is 23.6 Å². The van der Waals surface area contributed by atoms with E-state index in [0.29, 0.717) is 31.4 Å². The van der Waals surface area contributed by atoms with Crippen LogP contribution in [0.2, 0.25) is 0 Å². The summed E-state index contributed by atoms with van der Waals surface area (Å²) in [6, 6.07) is 17.2. The Morgan fingerprint density at radius 1 is 0.957 bits per heavy atom. The first-order chi connectivity index (χ1) is 11.1. The van der Waals surface area contributed by atoms with E-state index in [2.05, 4.69) is 15.9 Å². The average molecular weight is 374 g/mol. The van der Waals surface area contributed by atoms with Gasteiger partial charge in [0.05, 0.1) is 0 Å². The van der Waals surface area contributed by atoms with Gasteiger partial charge >= 0.3 is 0 Å². The molecule has 0 N–H and O–H groups in total. The van der Waals surface area contributed by atoms with Crippen molar-refractivity contribution >= 4 is 27.6 Å². The van der Waals surface area contributed by atoms with Crippen LogP contribution in [0.1, 0.15) is 35.2 Å². The molecule has 0 aliphatic heterocycles. The van der Waals surface area contributed by atoms with Crippen molar-refractivity contribution in [2.75, 3.05) is 7.05 Å². The van der Waals surface area contributed by atoms with E-state index < -0.39 is 0 Å². The Morgan fingerprint density at radius 2 is 1.61 bits per heavy atom. The van der Waals surface area contributed by atoms with Gasteiger partial charge in [-0.2, -0.15) is 0 Å². The van der Waals surface area contributed by atoms with E-state index in [9.17, 15) is 9.59 Å². The number of hydrogen-bond donors (Lipinski definition) is 0. The van der Waals surface area contributed by atoms with Gasteiger partial charge in [-0.3, -0.25) is 9.59 Å². The molecule has 0 spiro atoms. The van der Waals surface area contributed by atoms with Crippen LogP contribution >= 0.6 is 15.9 Å².